The number of carbonyl (C=O) groups is 1. The molecule has 1 amide bonds. The number of nitrogens with zero attached hydrogens (tertiary/aromatic N) is 4. The Bertz CT molecular complexity index is 1180. The first-order chi connectivity index (χ1) is 14.6. The van der Waals surface area contributed by atoms with Crippen LogP contribution in [0.1, 0.15) is 6.92 Å². The van der Waals surface area contributed by atoms with Crippen LogP contribution in [0.4, 0.5) is 10.1 Å². The Balaban J connectivity index is 1.49. The Hall–Kier alpha value is -3.46. The van der Waals surface area contributed by atoms with Gasteiger partial charge in [-0.05, 0) is 55.5 Å². The summed E-state index contributed by atoms with van der Waals surface area (Å²) in [6, 6.07) is 17.3. The normalized spacial score (nSPS) is 10.9. The van der Waals surface area contributed by atoms with Crippen LogP contribution in [0.2, 0.25) is 0 Å². The molecule has 0 fully saturated rings. The third-order valence-electron chi connectivity index (χ3n) is 4.18. The third kappa shape index (κ3) is 4.41. The summed E-state index contributed by atoms with van der Waals surface area (Å²) in [6.07, 6.45) is 0. The van der Waals surface area contributed by atoms with Crippen LogP contribution < -0.4 is 10.1 Å². The van der Waals surface area contributed by atoms with E-state index in [9.17, 15) is 9.18 Å². The number of carbonyl (C=O) groups excluding carboxylic acids is 1. The van der Waals surface area contributed by atoms with Gasteiger partial charge in [-0.3, -0.25) is 4.79 Å². The molecule has 4 aromatic rings. The van der Waals surface area contributed by atoms with Crippen LogP contribution in [0.15, 0.2) is 65.8 Å². The monoisotopic (exact) mass is 423 g/mol. The molecule has 2 aromatic heterocycles. The molecule has 0 bridgehead atoms. The Morgan fingerprint density at radius 2 is 1.90 bits per heavy atom. The van der Waals surface area contributed by atoms with Crippen molar-refractivity contribution in [1.82, 2.24) is 19.8 Å². The van der Waals surface area contributed by atoms with Gasteiger partial charge in [0.25, 0.3) is 0 Å². The predicted molar refractivity (Wildman–Crippen MR) is 113 cm³/mol. The van der Waals surface area contributed by atoms with Gasteiger partial charge in [0.05, 0.1) is 23.7 Å². The number of para-hydroxylation sites is 1. The smallest absolute Gasteiger partial charge is 0.234 e. The van der Waals surface area contributed by atoms with E-state index in [4.69, 9.17) is 4.74 Å². The molecule has 0 saturated carbocycles. The van der Waals surface area contributed by atoms with Crippen LogP contribution in [-0.2, 0) is 4.79 Å². The third-order valence-corrected chi connectivity index (χ3v) is 5.09. The molecular formula is C21H18FN5O2S. The first-order valence-corrected chi connectivity index (χ1v) is 10.3. The molecule has 2 heterocycles. The van der Waals surface area contributed by atoms with E-state index in [0.717, 1.165) is 17.0 Å². The molecule has 0 saturated heterocycles. The summed E-state index contributed by atoms with van der Waals surface area (Å²) in [5.41, 5.74) is 2.37. The first-order valence-electron chi connectivity index (χ1n) is 9.27. The number of halogens is 1. The second-order valence-corrected chi connectivity index (χ2v) is 7.19. The zero-order valence-electron chi connectivity index (χ0n) is 16.1. The fraction of sp³-hybridized carbons (Fsp3) is 0.143. The van der Waals surface area contributed by atoms with Crippen molar-refractivity contribution < 1.29 is 13.9 Å². The topological polar surface area (TPSA) is 81.4 Å². The maximum atomic E-state index is 13.7. The lowest BCUT2D eigenvalue weighted by Crippen LogP contribution is -2.15. The van der Waals surface area contributed by atoms with Gasteiger partial charge in [0.1, 0.15) is 11.6 Å². The number of benzene rings is 2. The average molecular weight is 423 g/mol. The van der Waals surface area contributed by atoms with Gasteiger partial charge in [-0.15, -0.1) is 10.2 Å². The molecular weight excluding hydrogens is 405 g/mol. The molecule has 2 aromatic carbocycles. The fourth-order valence-corrected chi connectivity index (χ4v) is 3.47. The van der Waals surface area contributed by atoms with Gasteiger partial charge < -0.3 is 10.1 Å². The van der Waals surface area contributed by atoms with Crippen molar-refractivity contribution in [2.24, 2.45) is 0 Å². The molecule has 0 unspecified atom stereocenters. The molecule has 0 spiro atoms. The number of fused-ring (bicyclic) bond motifs is 1. The van der Waals surface area contributed by atoms with Crippen molar-refractivity contribution in [2.45, 2.75) is 12.1 Å². The van der Waals surface area contributed by atoms with E-state index in [1.54, 1.807) is 16.6 Å². The van der Waals surface area contributed by atoms with Crippen molar-refractivity contribution in [1.29, 1.82) is 0 Å². The zero-order valence-corrected chi connectivity index (χ0v) is 16.9. The number of thioether (sulfide) groups is 1. The summed E-state index contributed by atoms with van der Waals surface area (Å²) < 4.78 is 20.7. The Morgan fingerprint density at radius 3 is 2.67 bits per heavy atom. The van der Waals surface area contributed by atoms with Crippen molar-refractivity contribution in [2.75, 3.05) is 17.7 Å². The van der Waals surface area contributed by atoms with Gasteiger partial charge in [-0.2, -0.15) is 9.61 Å². The van der Waals surface area contributed by atoms with E-state index in [1.165, 1.54) is 23.9 Å². The summed E-state index contributed by atoms with van der Waals surface area (Å²) >= 11 is 1.18. The highest BCUT2D eigenvalue weighted by Gasteiger charge is 2.13. The highest BCUT2D eigenvalue weighted by molar-refractivity contribution is 7.99. The van der Waals surface area contributed by atoms with Crippen molar-refractivity contribution >= 4 is 29.0 Å². The molecule has 7 nitrogen and oxygen atoms in total. The van der Waals surface area contributed by atoms with Gasteiger partial charge in [0.2, 0.25) is 11.1 Å². The van der Waals surface area contributed by atoms with Gasteiger partial charge in [-0.25, -0.2) is 4.39 Å². The maximum absolute atomic E-state index is 13.7. The van der Waals surface area contributed by atoms with Crippen LogP contribution in [-0.4, -0.2) is 38.1 Å². The van der Waals surface area contributed by atoms with E-state index in [-0.39, 0.29) is 17.3 Å². The molecule has 1 N–H and O–H groups in total. The van der Waals surface area contributed by atoms with Crippen LogP contribution in [0.5, 0.6) is 5.75 Å². The fourth-order valence-electron chi connectivity index (χ4n) is 2.78. The number of hydrogen-bond acceptors (Lipinski definition) is 6. The number of hydrogen-bond donors (Lipinski definition) is 1. The number of rotatable bonds is 7. The molecule has 0 aliphatic heterocycles. The lowest BCUT2D eigenvalue weighted by atomic mass is 10.1. The molecule has 152 valence electrons. The zero-order chi connectivity index (χ0) is 20.9. The number of nitrogens with one attached hydrogen (secondary N) is 1. The second kappa shape index (κ2) is 8.91. The number of aromatic nitrogens is 4. The van der Waals surface area contributed by atoms with Crippen LogP contribution in [0, 0.1) is 5.82 Å². The maximum Gasteiger partial charge on any atom is 0.234 e. The largest absolute Gasteiger partial charge is 0.494 e. The SMILES string of the molecule is CCOc1ccc(-c2ccc3nnc(SCC(=O)Nc4ccccc4F)n3n2)cc1. The van der Waals surface area contributed by atoms with Gasteiger partial charge in [0.15, 0.2) is 5.65 Å². The Kier molecular flexibility index (Phi) is 5.89. The minimum absolute atomic E-state index is 0.0457. The molecule has 9 heteroatoms. The van der Waals surface area contributed by atoms with Crippen LogP contribution in [0.3, 0.4) is 0 Å². The molecule has 30 heavy (non-hydrogen) atoms. The standard InChI is InChI=1S/C21H18FN5O2S/c1-2-29-15-9-7-14(8-10-15)17-11-12-19-24-25-21(27(19)26-17)30-13-20(28)23-18-6-4-3-5-16(18)22/h3-12H,2,13H2,1H3,(H,23,28). The molecule has 0 atom stereocenters. The van der Waals surface area contributed by atoms with Gasteiger partial charge in [-0.1, -0.05) is 23.9 Å². The molecule has 0 aliphatic rings. The number of amides is 1. The molecule has 4 rings (SSSR count). The Morgan fingerprint density at radius 1 is 1.10 bits per heavy atom. The lowest BCUT2D eigenvalue weighted by Gasteiger charge is -2.06. The van der Waals surface area contributed by atoms with Gasteiger partial charge in [0, 0.05) is 5.56 Å². The second-order valence-electron chi connectivity index (χ2n) is 6.25. The minimum Gasteiger partial charge on any atom is -0.494 e. The van der Waals surface area contributed by atoms with E-state index >= 15 is 0 Å². The lowest BCUT2D eigenvalue weighted by molar-refractivity contribution is -0.113. The summed E-state index contributed by atoms with van der Waals surface area (Å²) in [7, 11) is 0. The van der Waals surface area contributed by atoms with Gasteiger partial charge >= 0.3 is 0 Å². The molecule has 0 aliphatic carbocycles. The highest BCUT2D eigenvalue weighted by atomic mass is 32.2. The van der Waals surface area contributed by atoms with E-state index < -0.39 is 5.82 Å². The minimum atomic E-state index is -0.481. The van der Waals surface area contributed by atoms with Crippen molar-refractivity contribution in [3.8, 4) is 17.0 Å². The quantitative estimate of drug-likeness (QED) is 0.452. The Labute approximate surface area is 176 Å². The van der Waals surface area contributed by atoms with E-state index in [1.807, 2.05) is 43.3 Å². The summed E-state index contributed by atoms with van der Waals surface area (Å²) in [5.74, 6) is 0.0167. The van der Waals surface area contributed by atoms with Crippen LogP contribution >= 0.6 is 11.8 Å². The van der Waals surface area contributed by atoms with E-state index in [0.29, 0.717) is 17.4 Å². The van der Waals surface area contributed by atoms with Crippen molar-refractivity contribution in [3.05, 3.63) is 66.5 Å². The van der Waals surface area contributed by atoms with Crippen molar-refractivity contribution in [3.63, 3.8) is 0 Å². The predicted octanol–water partition coefficient (Wildman–Crippen LogP) is 4.06. The number of anilines is 1. The summed E-state index contributed by atoms with van der Waals surface area (Å²) in [6.45, 7) is 2.54. The number of ether oxygens (including phenoxy) is 1. The average Bonchev–Trinajstić information content (AvgIpc) is 3.17. The summed E-state index contributed by atoms with van der Waals surface area (Å²) in [4.78, 5) is 12.2. The van der Waals surface area contributed by atoms with Crippen LogP contribution in [0.25, 0.3) is 16.9 Å². The first kappa shape index (κ1) is 19.8. The summed E-state index contributed by atoms with van der Waals surface area (Å²) in [5, 5.41) is 15.8. The van der Waals surface area contributed by atoms with E-state index in [2.05, 4.69) is 20.6 Å². The molecule has 0 radical (unpaired) electrons. The highest BCUT2D eigenvalue weighted by Crippen LogP contribution is 2.23.